The molecule has 5 nitrogen and oxygen atoms in total. The lowest BCUT2D eigenvalue weighted by Crippen LogP contribution is -2.32. The highest BCUT2D eigenvalue weighted by molar-refractivity contribution is 8.26. The molecule has 1 saturated heterocycles. The molecule has 1 aromatic carbocycles. The molecule has 134 valence electrons. The van der Waals surface area contributed by atoms with Crippen molar-refractivity contribution in [1.29, 1.82) is 0 Å². The zero-order valence-electron chi connectivity index (χ0n) is 13.8. The standard InChI is InChI=1S/C18H17N3O2S3/c22-16(20-19-13-6-2-1-3-7-13)9-4-10-21-17(23)15(26-18(21)24)12-14-8-5-11-25-14/h1-3,5-8,11-12,19H,4,9-10H2,(H,20,22)/b15-12+. The molecule has 1 aromatic heterocycles. The Kier molecular flexibility index (Phi) is 6.43. The zero-order chi connectivity index (χ0) is 18.4. The minimum absolute atomic E-state index is 0.0868. The summed E-state index contributed by atoms with van der Waals surface area (Å²) in [5, 5.41) is 1.97. The van der Waals surface area contributed by atoms with E-state index in [4.69, 9.17) is 12.2 Å². The molecular weight excluding hydrogens is 386 g/mol. The van der Waals surface area contributed by atoms with E-state index < -0.39 is 0 Å². The lowest BCUT2D eigenvalue weighted by Gasteiger charge is -2.14. The molecule has 1 fully saturated rings. The van der Waals surface area contributed by atoms with Crippen molar-refractivity contribution in [2.45, 2.75) is 12.8 Å². The van der Waals surface area contributed by atoms with Crippen molar-refractivity contribution >= 4 is 63.2 Å². The summed E-state index contributed by atoms with van der Waals surface area (Å²) < 4.78 is 0.542. The van der Waals surface area contributed by atoms with Gasteiger partial charge in [-0.1, -0.05) is 48.2 Å². The number of para-hydroxylation sites is 1. The van der Waals surface area contributed by atoms with E-state index in [2.05, 4.69) is 10.9 Å². The quantitative estimate of drug-likeness (QED) is 0.417. The van der Waals surface area contributed by atoms with Crippen molar-refractivity contribution in [1.82, 2.24) is 10.3 Å². The van der Waals surface area contributed by atoms with Gasteiger partial charge in [0.05, 0.1) is 10.6 Å². The number of carbonyl (C=O) groups is 2. The van der Waals surface area contributed by atoms with Crippen LogP contribution in [0.1, 0.15) is 17.7 Å². The number of hydrogen-bond donors (Lipinski definition) is 2. The number of anilines is 1. The van der Waals surface area contributed by atoms with Gasteiger partial charge in [0.15, 0.2) is 0 Å². The van der Waals surface area contributed by atoms with E-state index in [-0.39, 0.29) is 11.8 Å². The Hall–Kier alpha value is -2.16. The predicted molar refractivity (Wildman–Crippen MR) is 112 cm³/mol. The molecule has 0 bridgehead atoms. The van der Waals surface area contributed by atoms with Gasteiger partial charge in [-0.05, 0) is 36.1 Å². The van der Waals surface area contributed by atoms with Crippen LogP contribution < -0.4 is 10.9 Å². The van der Waals surface area contributed by atoms with E-state index in [1.807, 2.05) is 53.9 Å². The van der Waals surface area contributed by atoms with Crippen molar-refractivity contribution in [3.05, 3.63) is 57.6 Å². The number of thiophene rings is 1. The summed E-state index contributed by atoms with van der Waals surface area (Å²) in [6.45, 7) is 0.436. The number of benzene rings is 1. The number of hydrazine groups is 1. The molecule has 8 heteroatoms. The van der Waals surface area contributed by atoms with Gasteiger partial charge in [0.1, 0.15) is 4.32 Å². The molecule has 3 rings (SSSR count). The van der Waals surface area contributed by atoms with Crippen molar-refractivity contribution < 1.29 is 9.59 Å². The van der Waals surface area contributed by atoms with E-state index in [1.54, 1.807) is 16.2 Å². The Morgan fingerprint density at radius 3 is 2.73 bits per heavy atom. The minimum atomic E-state index is -0.131. The first-order valence-corrected chi connectivity index (χ1v) is 10.1. The number of carbonyl (C=O) groups excluding carboxylic acids is 2. The predicted octanol–water partition coefficient (Wildman–Crippen LogP) is 3.87. The average molecular weight is 404 g/mol. The maximum Gasteiger partial charge on any atom is 0.266 e. The number of hydrogen-bond acceptors (Lipinski definition) is 6. The number of thiocarbonyl (C=S) groups is 1. The van der Waals surface area contributed by atoms with Gasteiger partial charge < -0.3 is 0 Å². The zero-order valence-corrected chi connectivity index (χ0v) is 16.3. The molecule has 1 aliphatic heterocycles. The average Bonchev–Trinajstić information content (AvgIpc) is 3.24. The SMILES string of the molecule is O=C(CCCN1C(=O)/C(=C\c2cccs2)SC1=S)NNc1ccccc1. The van der Waals surface area contributed by atoms with Crippen molar-refractivity contribution in [2.24, 2.45) is 0 Å². The Balaban J connectivity index is 1.45. The van der Waals surface area contributed by atoms with Crippen LogP contribution in [0, 0.1) is 0 Å². The van der Waals surface area contributed by atoms with E-state index in [1.165, 1.54) is 11.8 Å². The Labute approximate surface area is 165 Å². The lowest BCUT2D eigenvalue weighted by atomic mass is 10.3. The number of rotatable bonds is 7. The molecule has 0 spiro atoms. The Morgan fingerprint density at radius 2 is 2.00 bits per heavy atom. The Bertz CT molecular complexity index is 819. The molecule has 1 aliphatic rings. The van der Waals surface area contributed by atoms with Gasteiger partial charge in [0.25, 0.3) is 5.91 Å². The van der Waals surface area contributed by atoms with Gasteiger partial charge in [0.2, 0.25) is 5.91 Å². The smallest absolute Gasteiger partial charge is 0.266 e. The van der Waals surface area contributed by atoms with E-state index in [0.717, 1.165) is 10.6 Å². The monoisotopic (exact) mass is 403 g/mol. The van der Waals surface area contributed by atoms with Crippen molar-refractivity contribution in [2.75, 3.05) is 12.0 Å². The number of amides is 2. The van der Waals surface area contributed by atoms with Crippen molar-refractivity contribution in [3.8, 4) is 0 Å². The fourth-order valence-corrected chi connectivity index (χ4v) is 4.35. The topological polar surface area (TPSA) is 61.4 Å². The molecule has 0 saturated carbocycles. The summed E-state index contributed by atoms with van der Waals surface area (Å²) >= 11 is 8.19. The van der Waals surface area contributed by atoms with Gasteiger partial charge >= 0.3 is 0 Å². The van der Waals surface area contributed by atoms with Crippen LogP contribution in [0.2, 0.25) is 0 Å². The third-order valence-electron chi connectivity index (χ3n) is 3.60. The third kappa shape index (κ3) is 4.94. The van der Waals surface area contributed by atoms with Crippen LogP contribution in [0.5, 0.6) is 0 Å². The fraction of sp³-hybridized carbons (Fsp3) is 0.167. The van der Waals surface area contributed by atoms with Crippen LogP contribution in [-0.4, -0.2) is 27.6 Å². The lowest BCUT2D eigenvalue weighted by molar-refractivity contribution is -0.123. The van der Waals surface area contributed by atoms with Crippen molar-refractivity contribution in [3.63, 3.8) is 0 Å². The molecule has 0 atom stereocenters. The van der Waals surface area contributed by atoms with Crippen LogP contribution in [0.25, 0.3) is 6.08 Å². The summed E-state index contributed by atoms with van der Waals surface area (Å²) in [4.78, 5) is 27.6. The highest BCUT2D eigenvalue weighted by Gasteiger charge is 2.31. The molecule has 2 heterocycles. The van der Waals surface area contributed by atoms with E-state index >= 15 is 0 Å². The van der Waals surface area contributed by atoms with Gasteiger partial charge in [-0.15, -0.1) is 11.3 Å². The second-order valence-corrected chi connectivity index (χ2v) is 8.15. The van der Waals surface area contributed by atoms with Crippen LogP contribution >= 0.6 is 35.3 Å². The Morgan fingerprint density at radius 1 is 1.19 bits per heavy atom. The first-order valence-electron chi connectivity index (χ1n) is 8.02. The number of nitrogens with zero attached hydrogens (tertiary/aromatic N) is 1. The fourth-order valence-electron chi connectivity index (χ4n) is 2.32. The first-order chi connectivity index (χ1) is 12.6. The second kappa shape index (κ2) is 8.98. The molecule has 0 unspecified atom stereocenters. The van der Waals surface area contributed by atoms with Crippen LogP contribution in [0.15, 0.2) is 52.7 Å². The maximum absolute atomic E-state index is 12.5. The van der Waals surface area contributed by atoms with Gasteiger partial charge in [-0.2, -0.15) is 0 Å². The number of nitrogens with one attached hydrogen (secondary N) is 2. The minimum Gasteiger partial charge on any atom is -0.299 e. The maximum atomic E-state index is 12.5. The highest BCUT2D eigenvalue weighted by Crippen LogP contribution is 2.33. The summed E-state index contributed by atoms with van der Waals surface area (Å²) in [5.41, 5.74) is 6.32. The van der Waals surface area contributed by atoms with Gasteiger partial charge in [-0.25, -0.2) is 0 Å². The largest absolute Gasteiger partial charge is 0.299 e. The molecule has 26 heavy (non-hydrogen) atoms. The second-order valence-electron chi connectivity index (χ2n) is 5.49. The summed E-state index contributed by atoms with van der Waals surface area (Å²) in [6, 6.07) is 13.3. The molecule has 0 aliphatic carbocycles. The van der Waals surface area contributed by atoms with Crippen LogP contribution in [0.3, 0.4) is 0 Å². The molecule has 2 N–H and O–H groups in total. The summed E-state index contributed by atoms with van der Waals surface area (Å²) in [5.74, 6) is -0.218. The van der Waals surface area contributed by atoms with Crippen LogP contribution in [0.4, 0.5) is 5.69 Å². The van der Waals surface area contributed by atoms with Gasteiger partial charge in [0, 0.05) is 17.8 Å². The molecule has 2 aromatic rings. The van der Waals surface area contributed by atoms with Crippen LogP contribution in [-0.2, 0) is 9.59 Å². The summed E-state index contributed by atoms with van der Waals surface area (Å²) in [7, 11) is 0. The molecular formula is C18H17N3O2S3. The van der Waals surface area contributed by atoms with Gasteiger partial charge in [-0.3, -0.25) is 25.3 Å². The third-order valence-corrected chi connectivity index (χ3v) is 5.79. The number of thioether (sulfide) groups is 1. The normalized spacial score (nSPS) is 15.5. The van der Waals surface area contributed by atoms with E-state index in [0.29, 0.717) is 28.6 Å². The summed E-state index contributed by atoms with van der Waals surface area (Å²) in [6.07, 6.45) is 2.71. The molecule has 2 amide bonds. The first kappa shape index (κ1) is 18.6. The highest BCUT2D eigenvalue weighted by atomic mass is 32.2. The van der Waals surface area contributed by atoms with E-state index in [9.17, 15) is 9.59 Å². The molecule has 0 radical (unpaired) electrons.